The van der Waals surface area contributed by atoms with Crippen LogP contribution < -0.4 is 19.8 Å². The van der Waals surface area contributed by atoms with Crippen molar-refractivity contribution in [2.24, 2.45) is 4.99 Å². The number of aromatic nitrogens is 3. The van der Waals surface area contributed by atoms with Gasteiger partial charge in [0, 0.05) is 31.5 Å². The molecule has 2 aromatic heterocycles. The van der Waals surface area contributed by atoms with E-state index in [9.17, 15) is 9.59 Å². The minimum Gasteiger partial charge on any atom is -0.466 e. The van der Waals surface area contributed by atoms with Crippen molar-refractivity contribution in [3.8, 4) is 0 Å². The van der Waals surface area contributed by atoms with Gasteiger partial charge in [-0.05, 0) is 57.5 Å². The third-order valence-electron chi connectivity index (χ3n) is 6.09. The molecule has 0 bridgehead atoms. The summed E-state index contributed by atoms with van der Waals surface area (Å²) >= 11 is 1.31. The standard InChI is InChI=1S/C25H29N5O3S/c1-6-28(7-2)18-11-9-17(10-12-18)22-21(24(32)33-5)16(4)27-25-30(22)23(31)20(34-25)15-19-13-14-26-29(19)8-3/h9-15,22H,6-8H2,1-5H3/b20-15+. The number of allylic oxidation sites excluding steroid dienone is 1. The van der Waals surface area contributed by atoms with Gasteiger partial charge < -0.3 is 9.64 Å². The maximum atomic E-state index is 13.6. The summed E-state index contributed by atoms with van der Waals surface area (Å²) in [5.74, 6) is -0.489. The van der Waals surface area contributed by atoms with Crippen LogP contribution in [0, 0.1) is 0 Å². The topological polar surface area (TPSA) is 81.7 Å². The maximum absolute atomic E-state index is 13.6. The molecule has 0 N–H and O–H groups in total. The van der Waals surface area contributed by atoms with E-state index in [1.807, 2.05) is 48.0 Å². The van der Waals surface area contributed by atoms with Crippen molar-refractivity contribution in [2.45, 2.75) is 40.3 Å². The predicted molar refractivity (Wildman–Crippen MR) is 134 cm³/mol. The summed E-state index contributed by atoms with van der Waals surface area (Å²) in [5, 5.41) is 4.28. The summed E-state index contributed by atoms with van der Waals surface area (Å²) in [5.41, 5.74) is 3.49. The van der Waals surface area contributed by atoms with Gasteiger partial charge >= 0.3 is 5.97 Å². The van der Waals surface area contributed by atoms with Crippen molar-refractivity contribution < 1.29 is 9.53 Å². The molecule has 1 atom stereocenters. The number of nitrogens with zero attached hydrogens (tertiary/aromatic N) is 5. The number of benzene rings is 1. The van der Waals surface area contributed by atoms with Crippen LogP contribution in [0.2, 0.25) is 0 Å². The highest BCUT2D eigenvalue weighted by atomic mass is 32.1. The molecule has 1 aliphatic rings. The van der Waals surface area contributed by atoms with E-state index in [-0.39, 0.29) is 5.56 Å². The van der Waals surface area contributed by atoms with Crippen molar-refractivity contribution in [1.82, 2.24) is 14.3 Å². The van der Waals surface area contributed by atoms with Crippen LogP contribution in [0.3, 0.4) is 0 Å². The van der Waals surface area contributed by atoms with Gasteiger partial charge in [0.15, 0.2) is 4.80 Å². The summed E-state index contributed by atoms with van der Waals surface area (Å²) < 4.78 is 9.06. The summed E-state index contributed by atoms with van der Waals surface area (Å²) in [6.07, 6.45) is 3.55. The van der Waals surface area contributed by atoms with E-state index in [4.69, 9.17) is 4.74 Å². The van der Waals surface area contributed by atoms with Gasteiger partial charge in [0.25, 0.3) is 5.56 Å². The third-order valence-corrected chi connectivity index (χ3v) is 7.08. The van der Waals surface area contributed by atoms with Crippen molar-refractivity contribution in [2.75, 3.05) is 25.1 Å². The van der Waals surface area contributed by atoms with Crippen LogP contribution in [0.25, 0.3) is 6.08 Å². The largest absolute Gasteiger partial charge is 0.466 e. The van der Waals surface area contributed by atoms with E-state index in [0.717, 1.165) is 30.0 Å². The lowest BCUT2D eigenvalue weighted by molar-refractivity contribution is -0.136. The van der Waals surface area contributed by atoms with Gasteiger partial charge in [0.1, 0.15) is 0 Å². The van der Waals surface area contributed by atoms with Crippen molar-refractivity contribution in [3.63, 3.8) is 0 Å². The number of ether oxygens (including phenoxy) is 1. The summed E-state index contributed by atoms with van der Waals surface area (Å²) in [4.78, 5) is 33.8. The Balaban J connectivity index is 1.91. The van der Waals surface area contributed by atoms with Gasteiger partial charge in [-0.25, -0.2) is 9.79 Å². The molecule has 8 nitrogen and oxygen atoms in total. The molecule has 1 aliphatic heterocycles. The highest BCUT2D eigenvalue weighted by Gasteiger charge is 2.33. The Morgan fingerprint density at radius 2 is 1.88 bits per heavy atom. The van der Waals surface area contributed by atoms with E-state index in [2.05, 4.69) is 28.8 Å². The van der Waals surface area contributed by atoms with Crippen LogP contribution in [0.5, 0.6) is 0 Å². The molecule has 0 amide bonds. The fraction of sp³-hybridized carbons (Fsp3) is 0.360. The van der Waals surface area contributed by atoms with Crippen LogP contribution in [0.15, 0.2) is 57.6 Å². The van der Waals surface area contributed by atoms with Crippen molar-refractivity contribution in [1.29, 1.82) is 0 Å². The first-order valence-corrected chi connectivity index (χ1v) is 12.2. The zero-order valence-corrected chi connectivity index (χ0v) is 20.9. The second-order valence-electron chi connectivity index (χ2n) is 7.91. The smallest absolute Gasteiger partial charge is 0.338 e. The van der Waals surface area contributed by atoms with Gasteiger partial charge in [-0.15, -0.1) is 0 Å². The van der Waals surface area contributed by atoms with Crippen LogP contribution in [0.4, 0.5) is 5.69 Å². The molecule has 1 aromatic carbocycles. The lowest BCUT2D eigenvalue weighted by Crippen LogP contribution is -2.39. The first-order valence-electron chi connectivity index (χ1n) is 11.4. The molecule has 1 unspecified atom stereocenters. The first kappa shape index (κ1) is 23.7. The fourth-order valence-electron chi connectivity index (χ4n) is 4.33. The van der Waals surface area contributed by atoms with Gasteiger partial charge in [-0.1, -0.05) is 23.5 Å². The summed E-state index contributed by atoms with van der Waals surface area (Å²) in [6, 6.07) is 9.26. The van der Waals surface area contributed by atoms with Crippen LogP contribution >= 0.6 is 11.3 Å². The SMILES string of the molecule is CCN(CC)c1ccc(C2C(C(=O)OC)=C(C)N=c3s/c(=C/c4ccnn4CC)c(=O)n32)cc1. The normalized spacial score (nSPS) is 15.8. The fourth-order valence-corrected chi connectivity index (χ4v) is 5.36. The Bertz CT molecular complexity index is 1410. The lowest BCUT2D eigenvalue weighted by atomic mass is 9.95. The first-order chi connectivity index (χ1) is 16.4. The molecule has 0 saturated carbocycles. The van der Waals surface area contributed by atoms with Crippen molar-refractivity contribution in [3.05, 3.63) is 78.7 Å². The molecule has 0 aliphatic carbocycles. The summed E-state index contributed by atoms with van der Waals surface area (Å²) in [7, 11) is 1.35. The number of fused-ring (bicyclic) bond motifs is 1. The number of methoxy groups -OCH3 is 1. The van der Waals surface area contributed by atoms with E-state index in [0.29, 0.717) is 27.1 Å². The Kier molecular flexibility index (Phi) is 6.83. The quantitative estimate of drug-likeness (QED) is 0.487. The molecule has 34 heavy (non-hydrogen) atoms. The molecule has 9 heteroatoms. The van der Waals surface area contributed by atoms with E-state index in [1.165, 1.54) is 18.4 Å². The van der Waals surface area contributed by atoms with Crippen LogP contribution in [-0.4, -0.2) is 40.5 Å². The molecule has 0 fully saturated rings. The second-order valence-corrected chi connectivity index (χ2v) is 8.92. The highest BCUT2D eigenvalue weighted by Crippen LogP contribution is 2.31. The van der Waals surface area contributed by atoms with E-state index >= 15 is 0 Å². The Morgan fingerprint density at radius 1 is 1.18 bits per heavy atom. The number of rotatable bonds is 7. The van der Waals surface area contributed by atoms with Crippen molar-refractivity contribution >= 4 is 29.1 Å². The number of anilines is 1. The number of carbonyl (C=O) groups excluding carboxylic acids is 1. The van der Waals surface area contributed by atoms with Crippen LogP contribution in [0.1, 0.15) is 45.0 Å². The maximum Gasteiger partial charge on any atom is 0.338 e. The van der Waals surface area contributed by atoms with Gasteiger partial charge in [-0.2, -0.15) is 5.10 Å². The highest BCUT2D eigenvalue weighted by molar-refractivity contribution is 7.07. The molecule has 0 saturated heterocycles. The zero-order valence-electron chi connectivity index (χ0n) is 20.1. The minimum absolute atomic E-state index is 0.195. The van der Waals surface area contributed by atoms with Gasteiger partial charge in [0.05, 0.1) is 34.6 Å². The Morgan fingerprint density at radius 3 is 2.50 bits per heavy atom. The second kappa shape index (κ2) is 9.80. The molecule has 0 radical (unpaired) electrons. The van der Waals surface area contributed by atoms with E-state index < -0.39 is 12.0 Å². The third kappa shape index (κ3) is 4.11. The Labute approximate surface area is 202 Å². The van der Waals surface area contributed by atoms with Gasteiger partial charge in [0.2, 0.25) is 0 Å². The molecule has 3 heterocycles. The number of esters is 1. The predicted octanol–water partition coefficient (Wildman–Crippen LogP) is 2.47. The number of carbonyl (C=O) groups is 1. The number of thiazole rings is 1. The molecule has 0 spiro atoms. The molecule has 178 valence electrons. The summed E-state index contributed by atoms with van der Waals surface area (Å²) in [6.45, 7) is 10.5. The minimum atomic E-state index is -0.618. The molecule has 3 aromatic rings. The average molecular weight is 480 g/mol. The number of hydrogen-bond acceptors (Lipinski definition) is 7. The number of aryl methyl sites for hydroxylation is 1. The van der Waals surface area contributed by atoms with Crippen LogP contribution in [-0.2, 0) is 16.1 Å². The molecular formula is C25H29N5O3S. The van der Waals surface area contributed by atoms with Gasteiger partial charge in [-0.3, -0.25) is 14.0 Å². The Hall–Kier alpha value is -3.46. The van der Waals surface area contributed by atoms with E-state index in [1.54, 1.807) is 17.7 Å². The monoisotopic (exact) mass is 479 g/mol. The number of hydrogen-bond donors (Lipinski definition) is 0. The zero-order chi connectivity index (χ0) is 24.4. The lowest BCUT2D eigenvalue weighted by Gasteiger charge is -2.26. The molecule has 4 rings (SSSR count). The molecular weight excluding hydrogens is 450 g/mol. The average Bonchev–Trinajstić information content (AvgIpc) is 3.42.